The van der Waals surface area contributed by atoms with Crippen LogP contribution in [-0.4, -0.2) is 11.3 Å². The molecule has 0 heterocycles. The van der Waals surface area contributed by atoms with Crippen LogP contribution in [0.1, 0.15) is 49.8 Å². The Balaban J connectivity index is 2.13. The maximum atomic E-state index is 13.4. The van der Waals surface area contributed by atoms with Crippen molar-refractivity contribution in [1.29, 1.82) is 0 Å². The minimum atomic E-state index is -0.159. The highest BCUT2D eigenvalue weighted by Crippen LogP contribution is 2.41. The molecule has 0 aromatic heterocycles. The van der Waals surface area contributed by atoms with Gasteiger partial charge in [0.15, 0.2) is 0 Å². The summed E-state index contributed by atoms with van der Waals surface area (Å²) < 4.78 is 13.4. The molecule has 0 saturated heterocycles. The van der Waals surface area contributed by atoms with Gasteiger partial charge in [-0.2, -0.15) is 0 Å². The van der Waals surface area contributed by atoms with Crippen LogP contribution in [-0.2, 0) is 0 Å². The van der Waals surface area contributed by atoms with Crippen LogP contribution in [0, 0.1) is 5.82 Å². The molecule has 18 heavy (non-hydrogen) atoms. The van der Waals surface area contributed by atoms with Gasteiger partial charge in [0.25, 0.3) is 0 Å². The van der Waals surface area contributed by atoms with Crippen LogP contribution in [0.15, 0.2) is 24.3 Å². The highest BCUT2D eigenvalue weighted by atomic mass is 32.2. The van der Waals surface area contributed by atoms with Crippen molar-refractivity contribution in [1.82, 2.24) is 0 Å². The highest BCUT2D eigenvalue weighted by Gasteiger charge is 2.25. The molecule has 0 spiro atoms. The quantitative estimate of drug-likeness (QED) is 0.861. The lowest BCUT2D eigenvalue weighted by molar-refractivity contribution is 0.608. The summed E-state index contributed by atoms with van der Waals surface area (Å²) in [6, 6.07) is 7.04. The molecule has 0 radical (unpaired) electrons. The summed E-state index contributed by atoms with van der Waals surface area (Å²) in [7, 11) is 0. The third kappa shape index (κ3) is 3.48. The summed E-state index contributed by atoms with van der Waals surface area (Å²) in [5.74, 6) is -0.159. The van der Waals surface area contributed by atoms with Crippen molar-refractivity contribution in [2.24, 2.45) is 5.73 Å². The third-order valence-corrected chi connectivity index (χ3v) is 5.45. The molecule has 2 N–H and O–H groups in total. The van der Waals surface area contributed by atoms with Gasteiger partial charge in [-0.25, -0.2) is 4.39 Å². The summed E-state index contributed by atoms with van der Waals surface area (Å²) in [6.45, 7) is 2.10. The lowest BCUT2D eigenvalue weighted by atomic mass is 10.0. The molecule has 3 heteroatoms. The number of rotatable bonds is 5. The molecule has 1 aromatic rings. The average molecular weight is 267 g/mol. The zero-order valence-electron chi connectivity index (χ0n) is 10.9. The molecule has 0 bridgehead atoms. The fraction of sp³-hybridized carbons (Fsp3) is 0.600. The molecule has 2 atom stereocenters. The number of halogens is 1. The smallest absolute Gasteiger partial charge is 0.123 e. The Morgan fingerprint density at radius 2 is 2.11 bits per heavy atom. The van der Waals surface area contributed by atoms with Gasteiger partial charge in [0, 0.05) is 16.5 Å². The predicted molar refractivity (Wildman–Crippen MR) is 77.3 cm³/mol. The second kappa shape index (κ2) is 6.58. The summed E-state index contributed by atoms with van der Waals surface area (Å²) in [5.41, 5.74) is 7.28. The van der Waals surface area contributed by atoms with Crippen LogP contribution in [0.4, 0.5) is 4.39 Å². The van der Waals surface area contributed by atoms with E-state index in [1.165, 1.54) is 31.7 Å². The zero-order valence-corrected chi connectivity index (χ0v) is 11.8. The first kappa shape index (κ1) is 13.9. The fourth-order valence-electron chi connectivity index (χ4n) is 2.56. The minimum Gasteiger partial charge on any atom is -0.326 e. The van der Waals surface area contributed by atoms with Gasteiger partial charge in [-0.3, -0.25) is 0 Å². The molecule has 1 nitrogen and oxygen atoms in total. The fourth-order valence-corrected chi connectivity index (χ4v) is 4.27. The molecule has 1 aliphatic rings. The van der Waals surface area contributed by atoms with Crippen molar-refractivity contribution in [2.75, 3.05) is 0 Å². The van der Waals surface area contributed by atoms with Crippen molar-refractivity contribution < 1.29 is 4.39 Å². The van der Waals surface area contributed by atoms with Crippen LogP contribution in [0.3, 0.4) is 0 Å². The zero-order chi connectivity index (χ0) is 13.0. The van der Waals surface area contributed by atoms with E-state index in [-0.39, 0.29) is 17.1 Å². The summed E-state index contributed by atoms with van der Waals surface area (Å²) in [5, 5.41) is 0.935. The van der Waals surface area contributed by atoms with Crippen molar-refractivity contribution >= 4 is 11.8 Å². The van der Waals surface area contributed by atoms with E-state index in [1.807, 2.05) is 17.8 Å². The predicted octanol–water partition coefficient (Wildman–Crippen LogP) is 4.28. The SMILES string of the molecule is CCC(N)C(SC1CCCC1)c1cccc(F)c1. The van der Waals surface area contributed by atoms with Crippen molar-refractivity contribution in [2.45, 2.75) is 55.6 Å². The largest absolute Gasteiger partial charge is 0.326 e. The van der Waals surface area contributed by atoms with E-state index in [0.717, 1.165) is 12.0 Å². The Bertz CT molecular complexity index is 377. The van der Waals surface area contributed by atoms with E-state index in [4.69, 9.17) is 5.73 Å². The molecule has 0 aliphatic heterocycles. The molecule has 1 aromatic carbocycles. The Kier molecular flexibility index (Phi) is 5.07. The van der Waals surface area contributed by atoms with Crippen LogP contribution >= 0.6 is 11.8 Å². The first-order valence-electron chi connectivity index (χ1n) is 6.87. The molecule has 1 aliphatic carbocycles. The van der Waals surface area contributed by atoms with Gasteiger partial charge in [-0.15, -0.1) is 11.8 Å². The van der Waals surface area contributed by atoms with E-state index >= 15 is 0 Å². The molecule has 2 rings (SSSR count). The number of hydrogen-bond acceptors (Lipinski definition) is 2. The molecule has 100 valence electrons. The second-order valence-electron chi connectivity index (χ2n) is 5.09. The van der Waals surface area contributed by atoms with Gasteiger partial charge in [-0.05, 0) is 37.0 Å². The maximum absolute atomic E-state index is 13.4. The average Bonchev–Trinajstić information content (AvgIpc) is 2.88. The summed E-state index contributed by atoms with van der Waals surface area (Å²) >= 11 is 1.96. The molecule has 2 unspecified atom stereocenters. The van der Waals surface area contributed by atoms with Crippen molar-refractivity contribution in [3.05, 3.63) is 35.6 Å². The molecular formula is C15H22FNS. The van der Waals surface area contributed by atoms with Crippen LogP contribution in [0.25, 0.3) is 0 Å². The Hall–Kier alpha value is -0.540. The normalized spacial score (nSPS) is 19.9. The second-order valence-corrected chi connectivity index (χ2v) is 6.54. The van der Waals surface area contributed by atoms with E-state index in [9.17, 15) is 4.39 Å². The maximum Gasteiger partial charge on any atom is 0.123 e. The number of thioether (sulfide) groups is 1. The van der Waals surface area contributed by atoms with Gasteiger partial charge >= 0.3 is 0 Å². The van der Waals surface area contributed by atoms with Crippen LogP contribution in [0.2, 0.25) is 0 Å². The monoisotopic (exact) mass is 267 g/mol. The Morgan fingerprint density at radius 1 is 1.39 bits per heavy atom. The number of hydrogen-bond donors (Lipinski definition) is 1. The van der Waals surface area contributed by atoms with Crippen LogP contribution in [0.5, 0.6) is 0 Å². The van der Waals surface area contributed by atoms with Gasteiger partial charge in [-0.1, -0.05) is 31.9 Å². The topological polar surface area (TPSA) is 26.0 Å². The van der Waals surface area contributed by atoms with E-state index in [1.54, 1.807) is 12.1 Å². The van der Waals surface area contributed by atoms with Gasteiger partial charge in [0.2, 0.25) is 0 Å². The minimum absolute atomic E-state index is 0.109. The van der Waals surface area contributed by atoms with Crippen LogP contribution < -0.4 is 5.73 Å². The number of nitrogens with two attached hydrogens (primary N) is 1. The van der Waals surface area contributed by atoms with Crippen molar-refractivity contribution in [3.8, 4) is 0 Å². The molecule has 1 fully saturated rings. The van der Waals surface area contributed by atoms with Gasteiger partial charge in [0.1, 0.15) is 5.82 Å². The molecular weight excluding hydrogens is 245 g/mol. The Labute approximate surface area is 113 Å². The van der Waals surface area contributed by atoms with Gasteiger partial charge < -0.3 is 5.73 Å². The summed E-state index contributed by atoms with van der Waals surface area (Å²) in [4.78, 5) is 0. The van der Waals surface area contributed by atoms with E-state index in [2.05, 4.69) is 6.92 Å². The first-order chi connectivity index (χ1) is 8.70. The Morgan fingerprint density at radius 3 is 2.72 bits per heavy atom. The standard InChI is InChI=1S/C15H22FNS/c1-2-14(17)15(18-13-8-3-4-9-13)11-6-5-7-12(16)10-11/h5-7,10,13-15H,2-4,8-9,17H2,1H3. The summed E-state index contributed by atoms with van der Waals surface area (Å²) in [6.07, 6.45) is 6.16. The third-order valence-electron chi connectivity index (χ3n) is 3.68. The molecule has 0 amide bonds. The van der Waals surface area contributed by atoms with Gasteiger partial charge in [0.05, 0.1) is 0 Å². The lowest BCUT2D eigenvalue weighted by Crippen LogP contribution is -2.27. The van der Waals surface area contributed by atoms with Crippen molar-refractivity contribution in [3.63, 3.8) is 0 Å². The molecule has 1 saturated carbocycles. The first-order valence-corrected chi connectivity index (χ1v) is 7.81. The van der Waals surface area contributed by atoms with E-state index < -0.39 is 0 Å². The lowest BCUT2D eigenvalue weighted by Gasteiger charge is -2.26. The number of benzene rings is 1. The highest BCUT2D eigenvalue weighted by molar-refractivity contribution is 8.00. The van der Waals surface area contributed by atoms with E-state index in [0.29, 0.717) is 5.25 Å².